The molecule has 0 spiro atoms. The van der Waals surface area contributed by atoms with E-state index in [-0.39, 0.29) is 20.4 Å². The highest BCUT2D eigenvalue weighted by atomic mass is 79.9. The van der Waals surface area contributed by atoms with Gasteiger partial charge in [-0.05, 0) is 36.8 Å². The van der Waals surface area contributed by atoms with Crippen molar-refractivity contribution in [1.82, 2.24) is 4.72 Å². The molecule has 0 heterocycles. The van der Waals surface area contributed by atoms with Gasteiger partial charge in [-0.25, -0.2) is 13.1 Å². The molecule has 0 atom stereocenters. The Bertz CT molecular complexity index is 577. The minimum Gasteiger partial charge on any atom is -0.211 e. The van der Waals surface area contributed by atoms with E-state index in [1.165, 1.54) is 12.1 Å². The predicted molar refractivity (Wildman–Crippen MR) is 81.3 cm³/mol. The molecule has 1 aromatic carbocycles. The van der Waals surface area contributed by atoms with Crippen molar-refractivity contribution in [2.75, 3.05) is 6.54 Å². The fourth-order valence-electron chi connectivity index (χ4n) is 1.94. The third kappa shape index (κ3) is 3.45. The van der Waals surface area contributed by atoms with Crippen LogP contribution in [0.1, 0.15) is 26.2 Å². The summed E-state index contributed by atoms with van der Waals surface area (Å²) >= 11 is 15.2. The van der Waals surface area contributed by atoms with Crippen molar-refractivity contribution in [3.63, 3.8) is 0 Å². The summed E-state index contributed by atoms with van der Waals surface area (Å²) < 4.78 is 27.8. The van der Waals surface area contributed by atoms with Crippen LogP contribution in [0, 0.1) is 5.41 Å². The van der Waals surface area contributed by atoms with Crippen LogP contribution in [0.5, 0.6) is 0 Å². The van der Waals surface area contributed by atoms with E-state index in [1.807, 2.05) is 0 Å². The van der Waals surface area contributed by atoms with Crippen LogP contribution < -0.4 is 4.72 Å². The molecule has 3 nitrogen and oxygen atoms in total. The number of rotatable bonds is 5. The molecule has 0 bridgehead atoms. The second kappa shape index (κ2) is 5.53. The molecule has 19 heavy (non-hydrogen) atoms. The first-order chi connectivity index (χ1) is 8.80. The lowest BCUT2D eigenvalue weighted by Crippen LogP contribution is -2.30. The van der Waals surface area contributed by atoms with Crippen LogP contribution in [-0.4, -0.2) is 15.0 Å². The number of halogens is 3. The molecule has 1 fully saturated rings. The summed E-state index contributed by atoms with van der Waals surface area (Å²) in [7, 11) is -3.68. The Hall–Kier alpha value is 0.190. The van der Waals surface area contributed by atoms with E-state index in [0.717, 1.165) is 19.3 Å². The van der Waals surface area contributed by atoms with Crippen LogP contribution in [-0.2, 0) is 10.0 Å². The van der Waals surface area contributed by atoms with Crippen LogP contribution in [0.4, 0.5) is 0 Å². The van der Waals surface area contributed by atoms with Gasteiger partial charge in [0, 0.05) is 11.0 Å². The van der Waals surface area contributed by atoms with Crippen LogP contribution in [0.3, 0.4) is 0 Å². The van der Waals surface area contributed by atoms with E-state index < -0.39 is 10.0 Å². The lowest BCUT2D eigenvalue weighted by molar-refractivity contribution is 0.475. The smallest absolute Gasteiger partial charge is 0.211 e. The Morgan fingerprint density at radius 3 is 2.26 bits per heavy atom. The summed E-state index contributed by atoms with van der Waals surface area (Å²) in [4.78, 5) is -0.0501. The Kier molecular flexibility index (Phi) is 4.53. The van der Waals surface area contributed by atoms with Gasteiger partial charge in [-0.2, -0.15) is 0 Å². The van der Waals surface area contributed by atoms with Gasteiger partial charge in [0.15, 0.2) is 0 Å². The molecule has 1 aliphatic rings. The van der Waals surface area contributed by atoms with Crippen LogP contribution in [0.25, 0.3) is 0 Å². The fourth-order valence-corrected chi connectivity index (χ4v) is 5.03. The van der Waals surface area contributed by atoms with Crippen molar-refractivity contribution in [2.24, 2.45) is 5.41 Å². The zero-order chi connectivity index (χ0) is 14.3. The Labute approximate surface area is 131 Å². The van der Waals surface area contributed by atoms with Gasteiger partial charge in [0.2, 0.25) is 10.0 Å². The van der Waals surface area contributed by atoms with Crippen LogP contribution >= 0.6 is 39.1 Å². The van der Waals surface area contributed by atoms with Crippen molar-refractivity contribution in [3.05, 3.63) is 26.7 Å². The maximum atomic E-state index is 12.3. The molecular formula is C12H14BrCl2NO2S. The molecule has 0 aromatic heterocycles. The lowest BCUT2D eigenvalue weighted by atomic mass is 10.1. The standard InChI is InChI=1S/C12H14BrCl2NO2S/c1-2-12(3-4-12)7-16-19(17,18)11-9(14)5-8(13)6-10(11)15/h5-6,16H,2-4,7H2,1H3. The summed E-state index contributed by atoms with van der Waals surface area (Å²) in [5.41, 5.74) is 0.126. The number of hydrogen-bond donors (Lipinski definition) is 1. The highest BCUT2D eigenvalue weighted by Crippen LogP contribution is 2.48. The zero-order valence-corrected chi connectivity index (χ0v) is 14.3. The highest BCUT2D eigenvalue weighted by Gasteiger charge is 2.41. The third-order valence-corrected chi connectivity index (χ3v) is 6.36. The molecule has 1 aromatic rings. The number of nitrogens with one attached hydrogen (secondary N) is 1. The van der Waals surface area contributed by atoms with Gasteiger partial charge in [0.25, 0.3) is 0 Å². The topological polar surface area (TPSA) is 46.2 Å². The zero-order valence-electron chi connectivity index (χ0n) is 10.3. The van der Waals surface area contributed by atoms with E-state index in [2.05, 4.69) is 27.6 Å². The molecule has 7 heteroatoms. The molecule has 0 radical (unpaired) electrons. The maximum absolute atomic E-state index is 12.3. The first kappa shape index (κ1) is 15.6. The Morgan fingerprint density at radius 2 is 1.84 bits per heavy atom. The lowest BCUT2D eigenvalue weighted by Gasteiger charge is -2.15. The third-order valence-electron chi connectivity index (χ3n) is 3.58. The number of hydrogen-bond acceptors (Lipinski definition) is 2. The molecular weight excluding hydrogens is 373 g/mol. The van der Waals surface area contributed by atoms with Crippen molar-refractivity contribution < 1.29 is 8.42 Å². The van der Waals surface area contributed by atoms with E-state index in [0.29, 0.717) is 11.0 Å². The second-order valence-corrected chi connectivity index (χ2v) is 8.31. The monoisotopic (exact) mass is 385 g/mol. The van der Waals surface area contributed by atoms with Gasteiger partial charge in [-0.15, -0.1) is 0 Å². The molecule has 0 aliphatic heterocycles. The van der Waals surface area contributed by atoms with Crippen molar-refractivity contribution >= 4 is 49.2 Å². The van der Waals surface area contributed by atoms with E-state index in [9.17, 15) is 8.42 Å². The van der Waals surface area contributed by atoms with E-state index in [1.54, 1.807) is 0 Å². The SMILES string of the molecule is CCC1(CNS(=O)(=O)c2c(Cl)cc(Br)cc2Cl)CC1. The Balaban J connectivity index is 2.25. The highest BCUT2D eigenvalue weighted by molar-refractivity contribution is 9.10. The summed E-state index contributed by atoms with van der Waals surface area (Å²) in [6, 6.07) is 3.05. The minimum atomic E-state index is -3.68. The average molecular weight is 387 g/mol. The summed E-state index contributed by atoms with van der Waals surface area (Å²) in [6.07, 6.45) is 3.10. The van der Waals surface area contributed by atoms with Gasteiger partial charge < -0.3 is 0 Å². The molecule has 0 saturated heterocycles. The van der Waals surface area contributed by atoms with Crippen molar-refractivity contribution in [1.29, 1.82) is 0 Å². The van der Waals surface area contributed by atoms with Crippen LogP contribution in [0.15, 0.2) is 21.5 Å². The normalized spacial score (nSPS) is 17.5. The fraction of sp³-hybridized carbons (Fsp3) is 0.500. The Morgan fingerprint density at radius 1 is 1.32 bits per heavy atom. The van der Waals surface area contributed by atoms with E-state index >= 15 is 0 Å². The van der Waals surface area contributed by atoms with Gasteiger partial charge in [0.1, 0.15) is 4.90 Å². The first-order valence-electron chi connectivity index (χ1n) is 5.94. The summed E-state index contributed by atoms with van der Waals surface area (Å²) in [6.45, 7) is 2.51. The van der Waals surface area contributed by atoms with E-state index in [4.69, 9.17) is 23.2 Å². The number of benzene rings is 1. The molecule has 1 aliphatic carbocycles. The quantitative estimate of drug-likeness (QED) is 0.823. The minimum absolute atomic E-state index is 0.0501. The van der Waals surface area contributed by atoms with Crippen LogP contribution in [0.2, 0.25) is 10.0 Å². The maximum Gasteiger partial charge on any atom is 0.243 e. The van der Waals surface area contributed by atoms with Gasteiger partial charge in [-0.1, -0.05) is 46.1 Å². The number of sulfonamides is 1. The molecule has 0 unspecified atom stereocenters. The molecule has 1 saturated carbocycles. The predicted octanol–water partition coefficient (Wildman–Crippen LogP) is 4.22. The largest absolute Gasteiger partial charge is 0.243 e. The first-order valence-corrected chi connectivity index (χ1v) is 8.97. The molecule has 2 rings (SSSR count). The van der Waals surface area contributed by atoms with Crippen molar-refractivity contribution in [2.45, 2.75) is 31.1 Å². The summed E-state index contributed by atoms with van der Waals surface area (Å²) in [5.74, 6) is 0. The van der Waals surface area contributed by atoms with Gasteiger partial charge in [-0.3, -0.25) is 0 Å². The summed E-state index contributed by atoms with van der Waals surface area (Å²) in [5, 5.41) is 0.237. The average Bonchev–Trinajstić information content (AvgIpc) is 3.05. The second-order valence-electron chi connectivity index (χ2n) is 4.88. The molecule has 0 amide bonds. The molecule has 1 N–H and O–H groups in total. The van der Waals surface area contributed by atoms with Gasteiger partial charge in [0.05, 0.1) is 10.0 Å². The van der Waals surface area contributed by atoms with Crippen molar-refractivity contribution in [3.8, 4) is 0 Å². The van der Waals surface area contributed by atoms with Gasteiger partial charge >= 0.3 is 0 Å². The molecule has 106 valence electrons.